The quantitative estimate of drug-likeness (QED) is 0.451. The molecule has 0 amide bonds. The van der Waals surface area contributed by atoms with E-state index in [0.29, 0.717) is 6.61 Å². The number of ether oxygens (including phenoxy) is 2. The van der Waals surface area contributed by atoms with Crippen molar-refractivity contribution in [2.45, 2.75) is 45.9 Å². The Hall–Kier alpha value is -3.85. The van der Waals surface area contributed by atoms with Gasteiger partial charge >= 0.3 is 11.9 Å². The van der Waals surface area contributed by atoms with Gasteiger partial charge in [0.2, 0.25) is 0 Å². The van der Waals surface area contributed by atoms with Crippen molar-refractivity contribution >= 4 is 11.9 Å². The van der Waals surface area contributed by atoms with Crippen LogP contribution in [0.25, 0.3) is 5.69 Å². The van der Waals surface area contributed by atoms with Gasteiger partial charge in [0.1, 0.15) is 17.6 Å². The molecule has 0 spiro atoms. The number of aliphatic carboxylic acids is 2. The predicted octanol–water partition coefficient (Wildman–Crippen LogP) is 3.60. The molecule has 0 saturated heterocycles. The lowest BCUT2D eigenvalue weighted by molar-refractivity contribution is -0.159. The number of fused-ring (bicyclic) bond motifs is 1. The fraction of sp³-hybridized carbons (Fsp3) is 0.320. The molecule has 2 atom stereocenters. The zero-order valence-corrected chi connectivity index (χ0v) is 19.4. The molecule has 0 aliphatic carbocycles. The molecule has 0 radical (unpaired) electrons. The van der Waals surface area contributed by atoms with Crippen molar-refractivity contribution in [3.8, 4) is 17.2 Å². The van der Waals surface area contributed by atoms with Crippen molar-refractivity contribution in [3.63, 3.8) is 0 Å². The molecule has 2 heterocycles. The number of carboxylic acids is 2. The number of rotatable bonds is 7. The number of carbonyl (C=O) groups is 2. The van der Waals surface area contributed by atoms with Crippen molar-refractivity contribution < 1.29 is 29.3 Å². The molecule has 0 fully saturated rings. The summed E-state index contributed by atoms with van der Waals surface area (Å²) in [5.74, 6) is -1.70. The SMILES string of the molecule is CCOc1cc2c(cc1CNC(C)c1ccc(-n3ccnc3)cc1)OC(C)C2.O=C(O)C(=O)O. The fourth-order valence-electron chi connectivity index (χ4n) is 3.64. The van der Waals surface area contributed by atoms with Gasteiger partial charge in [-0.1, -0.05) is 12.1 Å². The van der Waals surface area contributed by atoms with Crippen molar-refractivity contribution in [1.82, 2.24) is 14.9 Å². The van der Waals surface area contributed by atoms with Crippen LogP contribution in [0.5, 0.6) is 11.5 Å². The summed E-state index contributed by atoms with van der Waals surface area (Å²) < 4.78 is 13.8. The van der Waals surface area contributed by atoms with E-state index in [0.717, 1.165) is 35.7 Å². The maximum atomic E-state index is 9.10. The van der Waals surface area contributed by atoms with E-state index in [9.17, 15) is 0 Å². The van der Waals surface area contributed by atoms with Crippen LogP contribution < -0.4 is 14.8 Å². The van der Waals surface area contributed by atoms with E-state index < -0.39 is 11.9 Å². The van der Waals surface area contributed by atoms with Gasteiger partial charge in [0.15, 0.2) is 0 Å². The van der Waals surface area contributed by atoms with E-state index in [1.54, 1.807) is 6.20 Å². The molecule has 1 aliphatic heterocycles. The fourth-order valence-corrected chi connectivity index (χ4v) is 3.64. The molecule has 2 unspecified atom stereocenters. The largest absolute Gasteiger partial charge is 0.494 e. The van der Waals surface area contributed by atoms with Gasteiger partial charge in [-0.25, -0.2) is 14.6 Å². The predicted molar refractivity (Wildman–Crippen MR) is 125 cm³/mol. The average Bonchev–Trinajstić information content (AvgIpc) is 3.47. The summed E-state index contributed by atoms with van der Waals surface area (Å²) in [5.41, 5.74) is 4.73. The Labute approximate surface area is 198 Å². The highest BCUT2D eigenvalue weighted by molar-refractivity contribution is 6.27. The standard InChI is InChI=1S/C23H27N3O2.C2H2O4/c1-4-27-22-12-19-11-16(2)28-23(19)13-20(22)14-25-17(3)18-5-7-21(8-6-18)26-10-9-24-15-26;3-1(4)2(5)6/h5-10,12-13,15-17,25H,4,11,14H2,1-3H3;(H,3,4)(H,5,6). The molecule has 3 N–H and O–H groups in total. The van der Waals surface area contributed by atoms with Gasteiger partial charge in [-0.2, -0.15) is 0 Å². The molecule has 3 aromatic rings. The number of carboxylic acid groups (broad SMARTS) is 2. The minimum atomic E-state index is -1.82. The summed E-state index contributed by atoms with van der Waals surface area (Å²) in [7, 11) is 0. The Kier molecular flexibility index (Phi) is 8.26. The van der Waals surface area contributed by atoms with E-state index in [-0.39, 0.29) is 12.1 Å². The van der Waals surface area contributed by atoms with Crippen LogP contribution in [-0.4, -0.2) is 44.4 Å². The molecule has 2 aromatic carbocycles. The highest BCUT2D eigenvalue weighted by Gasteiger charge is 2.22. The van der Waals surface area contributed by atoms with Crippen molar-refractivity contribution in [3.05, 3.63) is 71.8 Å². The Morgan fingerprint density at radius 2 is 1.94 bits per heavy atom. The smallest absolute Gasteiger partial charge is 0.414 e. The first-order valence-corrected chi connectivity index (χ1v) is 11.0. The number of aromatic nitrogens is 2. The summed E-state index contributed by atoms with van der Waals surface area (Å²) in [5, 5.41) is 18.4. The lowest BCUT2D eigenvalue weighted by Crippen LogP contribution is -2.18. The summed E-state index contributed by atoms with van der Waals surface area (Å²) in [6.07, 6.45) is 6.73. The van der Waals surface area contributed by atoms with E-state index in [2.05, 4.69) is 60.5 Å². The molecular formula is C25H29N3O6. The number of nitrogens with zero attached hydrogens (tertiary/aromatic N) is 2. The van der Waals surface area contributed by atoms with Crippen LogP contribution in [0, 0.1) is 0 Å². The van der Waals surface area contributed by atoms with Crippen LogP contribution in [0.2, 0.25) is 0 Å². The Bertz CT molecular complexity index is 1100. The zero-order chi connectivity index (χ0) is 24.7. The first-order chi connectivity index (χ1) is 16.3. The van der Waals surface area contributed by atoms with E-state index in [4.69, 9.17) is 29.3 Å². The van der Waals surface area contributed by atoms with E-state index in [1.807, 2.05) is 24.0 Å². The summed E-state index contributed by atoms with van der Waals surface area (Å²) in [6.45, 7) is 7.69. The van der Waals surface area contributed by atoms with Gasteiger partial charge in [-0.05, 0) is 50.6 Å². The topological polar surface area (TPSA) is 123 Å². The molecule has 34 heavy (non-hydrogen) atoms. The molecule has 4 rings (SSSR count). The normalized spacial score (nSPS) is 14.9. The van der Waals surface area contributed by atoms with Crippen LogP contribution in [0.3, 0.4) is 0 Å². The minimum Gasteiger partial charge on any atom is -0.494 e. The molecule has 180 valence electrons. The lowest BCUT2D eigenvalue weighted by Gasteiger charge is -2.18. The zero-order valence-electron chi connectivity index (χ0n) is 19.4. The van der Waals surface area contributed by atoms with Crippen molar-refractivity contribution in [2.24, 2.45) is 0 Å². The number of hydrogen-bond acceptors (Lipinski definition) is 6. The lowest BCUT2D eigenvalue weighted by atomic mass is 10.0. The molecule has 1 aliphatic rings. The molecular weight excluding hydrogens is 438 g/mol. The summed E-state index contributed by atoms with van der Waals surface area (Å²) in [6, 6.07) is 13.0. The molecule has 9 heteroatoms. The van der Waals surface area contributed by atoms with Crippen LogP contribution in [0.4, 0.5) is 0 Å². The third-order valence-corrected chi connectivity index (χ3v) is 5.36. The first kappa shape index (κ1) is 24.8. The second-order valence-corrected chi connectivity index (χ2v) is 7.91. The highest BCUT2D eigenvalue weighted by atomic mass is 16.5. The summed E-state index contributed by atoms with van der Waals surface area (Å²) in [4.78, 5) is 22.3. The van der Waals surface area contributed by atoms with Gasteiger partial charge in [-0.3, -0.25) is 0 Å². The second-order valence-electron chi connectivity index (χ2n) is 7.91. The third-order valence-electron chi connectivity index (χ3n) is 5.36. The third kappa shape index (κ3) is 6.35. The van der Waals surface area contributed by atoms with Crippen LogP contribution >= 0.6 is 0 Å². The monoisotopic (exact) mass is 467 g/mol. The average molecular weight is 468 g/mol. The number of hydrogen-bond donors (Lipinski definition) is 3. The van der Waals surface area contributed by atoms with Crippen LogP contribution in [-0.2, 0) is 22.6 Å². The maximum Gasteiger partial charge on any atom is 0.414 e. The molecule has 0 bridgehead atoms. The first-order valence-electron chi connectivity index (χ1n) is 11.0. The number of imidazole rings is 1. The van der Waals surface area contributed by atoms with Gasteiger partial charge in [-0.15, -0.1) is 0 Å². The van der Waals surface area contributed by atoms with Crippen LogP contribution in [0.1, 0.15) is 43.5 Å². The number of benzene rings is 2. The van der Waals surface area contributed by atoms with Gasteiger partial charge in [0.05, 0.1) is 12.9 Å². The Morgan fingerprint density at radius 3 is 2.53 bits per heavy atom. The molecule has 1 aromatic heterocycles. The van der Waals surface area contributed by atoms with Crippen LogP contribution in [0.15, 0.2) is 55.1 Å². The maximum absolute atomic E-state index is 9.10. The van der Waals surface area contributed by atoms with Gasteiger partial charge in [0, 0.05) is 48.2 Å². The minimum absolute atomic E-state index is 0.222. The van der Waals surface area contributed by atoms with Gasteiger partial charge < -0.3 is 29.6 Å². The van der Waals surface area contributed by atoms with Crippen molar-refractivity contribution in [1.29, 1.82) is 0 Å². The number of nitrogens with one attached hydrogen (secondary N) is 1. The highest BCUT2D eigenvalue weighted by Crippen LogP contribution is 2.35. The second kappa shape index (κ2) is 11.3. The Balaban J connectivity index is 0.000000481. The Morgan fingerprint density at radius 1 is 1.24 bits per heavy atom. The van der Waals surface area contributed by atoms with E-state index >= 15 is 0 Å². The van der Waals surface area contributed by atoms with E-state index in [1.165, 1.54) is 11.1 Å². The van der Waals surface area contributed by atoms with Gasteiger partial charge in [0.25, 0.3) is 0 Å². The molecule has 9 nitrogen and oxygen atoms in total. The van der Waals surface area contributed by atoms with Crippen molar-refractivity contribution in [2.75, 3.05) is 6.61 Å². The summed E-state index contributed by atoms with van der Waals surface area (Å²) >= 11 is 0. The molecule has 0 saturated carbocycles.